The number of aryl methyl sites for hydroxylation is 1. The zero-order chi connectivity index (χ0) is 10.4. The molecule has 1 nitrogen and oxygen atoms in total. The summed E-state index contributed by atoms with van der Waals surface area (Å²) in [7, 11) is 0. The number of halogens is 1. The Labute approximate surface area is 91.5 Å². The van der Waals surface area contributed by atoms with Crippen molar-refractivity contribution in [2.45, 2.75) is 32.7 Å². The highest BCUT2D eigenvalue weighted by molar-refractivity contribution is 6.17. The summed E-state index contributed by atoms with van der Waals surface area (Å²) in [5.74, 6) is 0.693. The van der Waals surface area contributed by atoms with Crippen molar-refractivity contribution < 1.29 is 0 Å². The lowest BCUT2D eigenvalue weighted by Crippen LogP contribution is -2.13. The first kappa shape index (κ1) is 11.4. The summed E-state index contributed by atoms with van der Waals surface area (Å²) in [5.41, 5.74) is 2.49. The third-order valence-corrected chi connectivity index (χ3v) is 2.55. The minimum atomic E-state index is 0.536. The quantitative estimate of drug-likeness (QED) is 0.733. The molecule has 0 saturated heterocycles. The van der Waals surface area contributed by atoms with Gasteiger partial charge in [-0.1, -0.05) is 19.1 Å². The van der Waals surface area contributed by atoms with Gasteiger partial charge in [-0.3, -0.25) is 0 Å². The number of alkyl halides is 1. The molecule has 1 aromatic rings. The van der Waals surface area contributed by atoms with E-state index < -0.39 is 0 Å². The van der Waals surface area contributed by atoms with Crippen LogP contribution in [0, 0.1) is 0 Å². The summed E-state index contributed by atoms with van der Waals surface area (Å²) in [4.78, 5) is 0. The van der Waals surface area contributed by atoms with E-state index in [-0.39, 0.29) is 0 Å². The molecule has 1 atom stereocenters. The maximum atomic E-state index is 5.67. The highest BCUT2D eigenvalue weighted by atomic mass is 35.5. The van der Waals surface area contributed by atoms with Crippen LogP contribution in [0.2, 0.25) is 0 Å². The van der Waals surface area contributed by atoms with Crippen molar-refractivity contribution in [3.8, 4) is 0 Å². The molecule has 0 aliphatic heterocycles. The first-order valence-corrected chi connectivity index (χ1v) is 5.71. The smallest absolute Gasteiger partial charge is 0.0342 e. The standard InChI is InChI=1S/C12H18ClN/c1-3-10(2)14-12-6-4-11(5-7-12)8-9-13/h4-7,10,14H,3,8-9H2,1-2H3. The van der Waals surface area contributed by atoms with Gasteiger partial charge in [-0.05, 0) is 37.5 Å². The molecule has 78 valence electrons. The monoisotopic (exact) mass is 211 g/mol. The minimum absolute atomic E-state index is 0.536. The Morgan fingerprint density at radius 1 is 1.29 bits per heavy atom. The molecule has 0 radical (unpaired) electrons. The SMILES string of the molecule is CCC(C)Nc1ccc(CCCl)cc1. The van der Waals surface area contributed by atoms with Crippen LogP contribution < -0.4 is 5.32 Å². The number of hydrogen-bond acceptors (Lipinski definition) is 1. The van der Waals surface area contributed by atoms with E-state index in [0.717, 1.165) is 12.8 Å². The molecule has 1 unspecified atom stereocenters. The summed E-state index contributed by atoms with van der Waals surface area (Å²) in [6.07, 6.45) is 2.09. The summed E-state index contributed by atoms with van der Waals surface area (Å²) in [6, 6.07) is 9.04. The Morgan fingerprint density at radius 3 is 2.43 bits per heavy atom. The summed E-state index contributed by atoms with van der Waals surface area (Å²) in [5, 5.41) is 3.43. The fourth-order valence-electron chi connectivity index (χ4n) is 1.26. The lowest BCUT2D eigenvalue weighted by Gasteiger charge is -2.13. The van der Waals surface area contributed by atoms with Crippen LogP contribution in [0.25, 0.3) is 0 Å². The zero-order valence-electron chi connectivity index (χ0n) is 8.89. The Hall–Kier alpha value is -0.690. The molecule has 1 rings (SSSR count). The van der Waals surface area contributed by atoms with Gasteiger partial charge in [0, 0.05) is 17.6 Å². The average Bonchev–Trinajstić information content (AvgIpc) is 2.21. The van der Waals surface area contributed by atoms with E-state index in [1.807, 2.05) is 0 Å². The summed E-state index contributed by atoms with van der Waals surface area (Å²) < 4.78 is 0. The van der Waals surface area contributed by atoms with E-state index in [1.54, 1.807) is 0 Å². The third-order valence-electron chi connectivity index (χ3n) is 2.36. The van der Waals surface area contributed by atoms with Gasteiger partial charge in [0.25, 0.3) is 0 Å². The minimum Gasteiger partial charge on any atom is -0.383 e. The zero-order valence-corrected chi connectivity index (χ0v) is 9.64. The molecule has 0 fully saturated rings. The second kappa shape index (κ2) is 5.92. The first-order chi connectivity index (χ1) is 6.76. The van der Waals surface area contributed by atoms with Crippen LogP contribution in [-0.4, -0.2) is 11.9 Å². The Morgan fingerprint density at radius 2 is 1.93 bits per heavy atom. The average molecular weight is 212 g/mol. The van der Waals surface area contributed by atoms with Crippen LogP contribution in [0.1, 0.15) is 25.8 Å². The molecule has 0 aliphatic rings. The predicted octanol–water partition coefficient (Wildman–Crippen LogP) is 3.68. The van der Waals surface area contributed by atoms with Crippen molar-refractivity contribution in [3.63, 3.8) is 0 Å². The molecular formula is C12H18ClN. The lowest BCUT2D eigenvalue weighted by molar-refractivity contribution is 0.764. The van der Waals surface area contributed by atoms with Gasteiger partial charge in [0.2, 0.25) is 0 Å². The lowest BCUT2D eigenvalue weighted by atomic mass is 10.1. The number of hydrogen-bond donors (Lipinski definition) is 1. The van der Waals surface area contributed by atoms with Crippen molar-refractivity contribution in [3.05, 3.63) is 29.8 Å². The predicted molar refractivity (Wildman–Crippen MR) is 64.2 cm³/mol. The molecule has 0 amide bonds. The van der Waals surface area contributed by atoms with Crippen molar-refractivity contribution in [1.29, 1.82) is 0 Å². The molecule has 2 heteroatoms. The van der Waals surface area contributed by atoms with E-state index in [4.69, 9.17) is 11.6 Å². The number of benzene rings is 1. The van der Waals surface area contributed by atoms with Gasteiger partial charge in [-0.2, -0.15) is 0 Å². The van der Waals surface area contributed by atoms with Crippen molar-refractivity contribution in [2.24, 2.45) is 0 Å². The normalized spacial score (nSPS) is 12.5. The van der Waals surface area contributed by atoms with E-state index >= 15 is 0 Å². The van der Waals surface area contributed by atoms with Crippen LogP contribution in [0.15, 0.2) is 24.3 Å². The Balaban J connectivity index is 2.54. The molecule has 14 heavy (non-hydrogen) atoms. The number of rotatable bonds is 5. The second-order valence-electron chi connectivity index (χ2n) is 3.59. The molecule has 0 spiro atoms. The largest absolute Gasteiger partial charge is 0.383 e. The second-order valence-corrected chi connectivity index (χ2v) is 3.97. The highest BCUT2D eigenvalue weighted by Gasteiger charge is 1.98. The van der Waals surface area contributed by atoms with E-state index in [2.05, 4.69) is 43.4 Å². The van der Waals surface area contributed by atoms with Crippen molar-refractivity contribution >= 4 is 17.3 Å². The fourth-order valence-corrected chi connectivity index (χ4v) is 1.48. The van der Waals surface area contributed by atoms with E-state index in [1.165, 1.54) is 11.3 Å². The third kappa shape index (κ3) is 3.59. The molecular weight excluding hydrogens is 194 g/mol. The van der Waals surface area contributed by atoms with Gasteiger partial charge in [0.05, 0.1) is 0 Å². The highest BCUT2D eigenvalue weighted by Crippen LogP contribution is 2.12. The van der Waals surface area contributed by atoms with Gasteiger partial charge >= 0.3 is 0 Å². The maximum absolute atomic E-state index is 5.67. The van der Waals surface area contributed by atoms with Gasteiger partial charge in [-0.15, -0.1) is 11.6 Å². The van der Waals surface area contributed by atoms with Crippen LogP contribution in [0.3, 0.4) is 0 Å². The summed E-state index contributed by atoms with van der Waals surface area (Å²) in [6.45, 7) is 4.37. The van der Waals surface area contributed by atoms with Crippen LogP contribution in [0.4, 0.5) is 5.69 Å². The van der Waals surface area contributed by atoms with Crippen molar-refractivity contribution in [1.82, 2.24) is 0 Å². The van der Waals surface area contributed by atoms with Crippen LogP contribution in [-0.2, 0) is 6.42 Å². The molecule has 0 saturated carbocycles. The van der Waals surface area contributed by atoms with Gasteiger partial charge < -0.3 is 5.32 Å². The van der Waals surface area contributed by atoms with E-state index in [9.17, 15) is 0 Å². The number of anilines is 1. The van der Waals surface area contributed by atoms with Crippen LogP contribution in [0.5, 0.6) is 0 Å². The fraction of sp³-hybridized carbons (Fsp3) is 0.500. The van der Waals surface area contributed by atoms with Gasteiger partial charge in [0.15, 0.2) is 0 Å². The topological polar surface area (TPSA) is 12.0 Å². The van der Waals surface area contributed by atoms with Gasteiger partial charge in [0.1, 0.15) is 0 Å². The molecule has 0 aromatic heterocycles. The molecule has 1 N–H and O–H groups in total. The van der Waals surface area contributed by atoms with E-state index in [0.29, 0.717) is 11.9 Å². The van der Waals surface area contributed by atoms with Crippen LogP contribution >= 0.6 is 11.6 Å². The maximum Gasteiger partial charge on any atom is 0.0342 e. The molecule has 0 aliphatic carbocycles. The van der Waals surface area contributed by atoms with Gasteiger partial charge in [-0.25, -0.2) is 0 Å². The number of nitrogens with one attached hydrogen (secondary N) is 1. The first-order valence-electron chi connectivity index (χ1n) is 5.17. The molecule has 0 bridgehead atoms. The Kier molecular flexibility index (Phi) is 4.81. The summed E-state index contributed by atoms with van der Waals surface area (Å²) >= 11 is 5.67. The molecule has 1 aromatic carbocycles. The van der Waals surface area contributed by atoms with Crippen molar-refractivity contribution in [2.75, 3.05) is 11.2 Å². The molecule has 0 heterocycles. The Bertz CT molecular complexity index is 256.